The van der Waals surface area contributed by atoms with E-state index in [1.54, 1.807) is 7.11 Å². The zero-order valence-electron chi connectivity index (χ0n) is 12.2. The molecule has 0 aliphatic carbocycles. The van der Waals surface area contributed by atoms with Gasteiger partial charge in [-0.25, -0.2) is 0 Å². The van der Waals surface area contributed by atoms with Crippen LogP contribution in [0.15, 0.2) is 24.3 Å². The normalized spacial score (nSPS) is 11.3. The lowest BCUT2D eigenvalue weighted by Crippen LogP contribution is -2.37. The number of nitrogens with one attached hydrogen (secondary N) is 2. The van der Waals surface area contributed by atoms with Gasteiger partial charge in [0.15, 0.2) is 0 Å². The predicted molar refractivity (Wildman–Crippen MR) is 74.7 cm³/mol. The Morgan fingerprint density at radius 2 is 1.82 bits per heavy atom. The third kappa shape index (κ3) is 7.28. The zero-order valence-corrected chi connectivity index (χ0v) is 12.2. The summed E-state index contributed by atoms with van der Waals surface area (Å²) >= 11 is 0. The zero-order chi connectivity index (χ0) is 16.4. The quantitative estimate of drug-likeness (QED) is 0.676. The number of carbonyl (C=O) groups is 1. The molecule has 22 heavy (non-hydrogen) atoms. The maximum Gasteiger partial charge on any atom is 0.416 e. The summed E-state index contributed by atoms with van der Waals surface area (Å²) in [6, 6.07) is 4.40. The Morgan fingerprint density at radius 3 is 2.41 bits per heavy atom. The maximum absolute atomic E-state index is 12.4. The van der Waals surface area contributed by atoms with Crippen molar-refractivity contribution in [3.63, 3.8) is 0 Å². The second kappa shape index (κ2) is 9.26. The molecular weight excluding hydrogens is 301 g/mol. The van der Waals surface area contributed by atoms with E-state index in [9.17, 15) is 18.0 Å². The molecular formula is C14H19F3N2O3. The van der Waals surface area contributed by atoms with Crippen molar-refractivity contribution in [2.75, 3.05) is 40.0 Å². The van der Waals surface area contributed by atoms with Crippen molar-refractivity contribution < 1.29 is 27.4 Å². The van der Waals surface area contributed by atoms with Crippen LogP contribution in [-0.2, 0) is 15.7 Å². The van der Waals surface area contributed by atoms with Gasteiger partial charge in [0.2, 0.25) is 5.91 Å². The molecule has 124 valence electrons. The summed E-state index contributed by atoms with van der Waals surface area (Å²) in [6.07, 6.45) is -4.36. The summed E-state index contributed by atoms with van der Waals surface area (Å²) in [5, 5.41) is 5.50. The van der Waals surface area contributed by atoms with Crippen LogP contribution in [0.3, 0.4) is 0 Å². The summed E-state index contributed by atoms with van der Waals surface area (Å²) in [5.74, 6) is 0.132. The summed E-state index contributed by atoms with van der Waals surface area (Å²) in [4.78, 5) is 11.4. The van der Waals surface area contributed by atoms with E-state index in [0.717, 1.165) is 12.1 Å². The molecule has 0 heterocycles. The first-order chi connectivity index (χ1) is 10.4. The molecule has 1 aromatic carbocycles. The second-order valence-electron chi connectivity index (χ2n) is 4.39. The van der Waals surface area contributed by atoms with Gasteiger partial charge in [0.25, 0.3) is 0 Å². The highest BCUT2D eigenvalue weighted by Crippen LogP contribution is 2.30. The van der Waals surface area contributed by atoms with Crippen LogP contribution >= 0.6 is 0 Å². The molecule has 8 heteroatoms. The van der Waals surface area contributed by atoms with Crippen LogP contribution in [0.5, 0.6) is 5.75 Å². The number of ether oxygens (including phenoxy) is 2. The van der Waals surface area contributed by atoms with Crippen molar-refractivity contribution in [3.8, 4) is 5.75 Å². The van der Waals surface area contributed by atoms with E-state index in [1.807, 2.05) is 0 Å². The van der Waals surface area contributed by atoms with Gasteiger partial charge in [0.05, 0.1) is 25.3 Å². The Kier molecular flexibility index (Phi) is 7.69. The van der Waals surface area contributed by atoms with Crippen LogP contribution in [0.25, 0.3) is 0 Å². The van der Waals surface area contributed by atoms with Gasteiger partial charge in [0, 0.05) is 13.7 Å². The minimum absolute atomic E-state index is 0.170. The molecule has 0 saturated carbocycles. The van der Waals surface area contributed by atoms with Crippen molar-refractivity contribution in [2.45, 2.75) is 6.18 Å². The van der Waals surface area contributed by atoms with Crippen LogP contribution in [0.4, 0.5) is 13.2 Å². The molecule has 0 aromatic heterocycles. The monoisotopic (exact) mass is 320 g/mol. The van der Waals surface area contributed by atoms with Gasteiger partial charge in [-0.2, -0.15) is 13.2 Å². The minimum atomic E-state index is -4.36. The first-order valence-electron chi connectivity index (χ1n) is 6.70. The molecule has 5 nitrogen and oxygen atoms in total. The average Bonchev–Trinajstić information content (AvgIpc) is 2.48. The van der Waals surface area contributed by atoms with Crippen LogP contribution in [0, 0.1) is 0 Å². The number of amides is 1. The van der Waals surface area contributed by atoms with E-state index < -0.39 is 11.7 Å². The summed E-state index contributed by atoms with van der Waals surface area (Å²) < 4.78 is 47.1. The van der Waals surface area contributed by atoms with Crippen molar-refractivity contribution in [1.29, 1.82) is 0 Å². The number of rotatable bonds is 9. The second-order valence-corrected chi connectivity index (χ2v) is 4.39. The van der Waals surface area contributed by atoms with E-state index in [-0.39, 0.29) is 25.6 Å². The molecule has 0 bridgehead atoms. The minimum Gasteiger partial charge on any atom is -0.492 e. The van der Waals surface area contributed by atoms with Crippen LogP contribution in [-0.4, -0.2) is 45.9 Å². The van der Waals surface area contributed by atoms with E-state index in [1.165, 1.54) is 12.1 Å². The lowest BCUT2D eigenvalue weighted by molar-refractivity contribution is -0.137. The fourth-order valence-corrected chi connectivity index (χ4v) is 1.54. The van der Waals surface area contributed by atoms with Crippen LogP contribution in [0.1, 0.15) is 5.56 Å². The molecule has 1 amide bonds. The number of carbonyl (C=O) groups excluding carboxylic acids is 1. The Labute approximate surface area is 126 Å². The highest BCUT2D eigenvalue weighted by molar-refractivity contribution is 5.77. The van der Waals surface area contributed by atoms with Gasteiger partial charge < -0.3 is 20.1 Å². The topological polar surface area (TPSA) is 59.6 Å². The number of methoxy groups -OCH3 is 1. The maximum atomic E-state index is 12.4. The Morgan fingerprint density at radius 1 is 1.14 bits per heavy atom. The fourth-order valence-electron chi connectivity index (χ4n) is 1.54. The standard InChI is InChI=1S/C14H19F3N2O3/c1-21-8-6-18-10-13(20)19-7-9-22-12-4-2-11(3-5-12)14(15,16)17/h2-5,18H,6-10H2,1H3,(H,19,20). The highest BCUT2D eigenvalue weighted by Gasteiger charge is 2.29. The van der Waals surface area contributed by atoms with Gasteiger partial charge in [-0.05, 0) is 24.3 Å². The molecule has 0 saturated heterocycles. The highest BCUT2D eigenvalue weighted by atomic mass is 19.4. The van der Waals surface area contributed by atoms with Crippen LogP contribution < -0.4 is 15.4 Å². The summed E-state index contributed by atoms with van der Waals surface area (Å²) in [6.45, 7) is 1.71. The van der Waals surface area contributed by atoms with E-state index in [2.05, 4.69) is 10.6 Å². The van der Waals surface area contributed by atoms with Crippen molar-refractivity contribution in [3.05, 3.63) is 29.8 Å². The first kappa shape index (κ1) is 18.2. The lowest BCUT2D eigenvalue weighted by atomic mass is 10.2. The third-order valence-electron chi connectivity index (χ3n) is 2.64. The number of benzene rings is 1. The van der Waals surface area contributed by atoms with Gasteiger partial charge >= 0.3 is 6.18 Å². The molecule has 0 unspecified atom stereocenters. The van der Waals surface area contributed by atoms with Crippen molar-refractivity contribution >= 4 is 5.91 Å². The van der Waals surface area contributed by atoms with Gasteiger partial charge in [0.1, 0.15) is 12.4 Å². The Balaban J connectivity index is 2.18. The largest absolute Gasteiger partial charge is 0.492 e. The smallest absolute Gasteiger partial charge is 0.416 e. The molecule has 2 N–H and O–H groups in total. The number of alkyl halides is 3. The number of hydrogen-bond donors (Lipinski definition) is 2. The number of halogens is 3. The molecule has 0 spiro atoms. The van der Waals surface area contributed by atoms with E-state index in [0.29, 0.717) is 18.9 Å². The molecule has 1 aromatic rings. The van der Waals surface area contributed by atoms with Crippen molar-refractivity contribution in [2.24, 2.45) is 0 Å². The summed E-state index contributed by atoms with van der Waals surface area (Å²) in [7, 11) is 1.57. The van der Waals surface area contributed by atoms with Gasteiger partial charge in [-0.3, -0.25) is 4.79 Å². The average molecular weight is 320 g/mol. The van der Waals surface area contributed by atoms with E-state index >= 15 is 0 Å². The summed E-state index contributed by atoms with van der Waals surface area (Å²) in [5.41, 5.74) is -0.727. The molecule has 1 rings (SSSR count). The molecule has 0 radical (unpaired) electrons. The predicted octanol–water partition coefficient (Wildman–Crippen LogP) is 1.44. The molecule has 0 atom stereocenters. The Hall–Kier alpha value is -1.80. The van der Waals surface area contributed by atoms with Gasteiger partial charge in [-0.1, -0.05) is 0 Å². The molecule has 0 fully saturated rings. The van der Waals surface area contributed by atoms with Crippen molar-refractivity contribution in [1.82, 2.24) is 10.6 Å². The SMILES string of the molecule is COCCNCC(=O)NCCOc1ccc(C(F)(F)F)cc1. The third-order valence-corrected chi connectivity index (χ3v) is 2.64. The molecule has 0 aliphatic rings. The number of hydrogen-bond acceptors (Lipinski definition) is 4. The fraction of sp³-hybridized carbons (Fsp3) is 0.500. The molecule has 0 aliphatic heterocycles. The van der Waals surface area contributed by atoms with Gasteiger partial charge in [-0.15, -0.1) is 0 Å². The lowest BCUT2D eigenvalue weighted by Gasteiger charge is -2.10. The Bertz CT molecular complexity index is 450. The van der Waals surface area contributed by atoms with Crippen LogP contribution in [0.2, 0.25) is 0 Å². The first-order valence-corrected chi connectivity index (χ1v) is 6.70. The van der Waals surface area contributed by atoms with E-state index in [4.69, 9.17) is 9.47 Å².